The molecule has 1 unspecified atom stereocenters. The van der Waals surface area contributed by atoms with Gasteiger partial charge in [0.25, 0.3) is 0 Å². The second-order valence-corrected chi connectivity index (χ2v) is 6.36. The van der Waals surface area contributed by atoms with Gasteiger partial charge in [-0.1, -0.05) is 13.8 Å². The minimum Gasteiger partial charge on any atom is -0.308 e. The molecule has 0 aliphatic heterocycles. The molecule has 0 fully saturated rings. The highest BCUT2D eigenvalue weighted by Crippen LogP contribution is 2.39. The molecule has 1 aromatic rings. The van der Waals surface area contributed by atoms with E-state index < -0.39 is 0 Å². The molecule has 1 aliphatic rings. The number of halogens is 1. The molecule has 1 heterocycles. The van der Waals surface area contributed by atoms with E-state index in [4.69, 9.17) is 0 Å². The van der Waals surface area contributed by atoms with Gasteiger partial charge in [0.1, 0.15) is 0 Å². The first-order valence-electron chi connectivity index (χ1n) is 4.71. The largest absolute Gasteiger partial charge is 0.308 e. The van der Waals surface area contributed by atoms with Crippen molar-refractivity contribution >= 4 is 27.3 Å². The topological polar surface area (TPSA) is 12.0 Å². The van der Waals surface area contributed by atoms with Crippen molar-refractivity contribution in [3.8, 4) is 0 Å². The lowest BCUT2D eigenvalue weighted by molar-refractivity contribution is 0.475. The molecule has 72 valence electrons. The molecule has 0 saturated carbocycles. The Morgan fingerprint density at radius 2 is 2.38 bits per heavy atom. The summed E-state index contributed by atoms with van der Waals surface area (Å²) in [6.45, 7) is 4.42. The van der Waals surface area contributed by atoms with Crippen LogP contribution >= 0.6 is 27.3 Å². The quantitative estimate of drug-likeness (QED) is 0.858. The van der Waals surface area contributed by atoms with E-state index in [1.807, 2.05) is 11.3 Å². The van der Waals surface area contributed by atoms with Crippen LogP contribution in [0.15, 0.2) is 9.85 Å². The molecule has 1 aromatic heterocycles. The van der Waals surface area contributed by atoms with E-state index in [2.05, 4.69) is 41.2 Å². The Bertz CT molecular complexity index is 306. The molecule has 1 aliphatic carbocycles. The summed E-state index contributed by atoms with van der Waals surface area (Å²) in [6, 6.07) is 3.44. The maximum Gasteiger partial charge on any atom is 0.0704 e. The van der Waals surface area contributed by atoms with Crippen LogP contribution in [-0.2, 0) is 6.42 Å². The fourth-order valence-electron chi connectivity index (χ4n) is 1.91. The Morgan fingerprint density at radius 3 is 3.08 bits per heavy atom. The van der Waals surface area contributed by atoms with Crippen LogP contribution < -0.4 is 5.32 Å². The predicted octanol–water partition coefficient (Wildman–Crippen LogP) is 3.50. The summed E-state index contributed by atoms with van der Waals surface area (Å²) >= 11 is 5.43. The number of rotatable bonds is 2. The van der Waals surface area contributed by atoms with Crippen molar-refractivity contribution < 1.29 is 0 Å². The lowest BCUT2D eigenvalue weighted by Gasteiger charge is -2.15. The predicted molar refractivity (Wildman–Crippen MR) is 61.4 cm³/mol. The first kappa shape index (κ1) is 9.69. The van der Waals surface area contributed by atoms with E-state index in [0.717, 1.165) is 0 Å². The SMILES string of the molecule is CC(C)NC1CCc2sc(Br)cc21. The van der Waals surface area contributed by atoms with E-state index in [1.165, 1.54) is 22.2 Å². The molecule has 0 saturated heterocycles. The highest BCUT2D eigenvalue weighted by molar-refractivity contribution is 9.11. The lowest BCUT2D eigenvalue weighted by atomic mass is 10.1. The molecule has 0 spiro atoms. The molecule has 0 radical (unpaired) electrons. The summed E-state index contributed by atoms with van der Waals surface area (Å²) in [4.78, 5) is 1.56. The van der Waals surface area contributed by atoms with Crippen molar-refractivity contribution in [2.45, 2.75) is 38.8 Å². The molecular weight excluding hydrogens is 246 g/mol. The van der Waals surface area contributed by atoms with E-state index >= 15 is 0 Å². The number of fused-ring (bicyclic) bond motifs is 1. The monoisotopic (exact) mass is 259 g/mol. The second-order valence-electron chi connectivity index (χ2n) is 3.84. The standard InChI is InChI=1S/C10H14BrNS/c1-6(2)12-8-3-4-9-7(8)5-10(11)13-9/h5-6,8,12H,3-4H2,1-2H3. The number of hydrogen-bond donors (Lipinski definition) is 1. The third-order valence-electron chi connectivity index (χ3n) is 2.38. The van der Waals surface area contributed by atoms with Crippen LogP contribution in [0.2, 0.25) is 0 Å². The summed E-state index contributed by atoms with van der Waals surface area (Å²) in [5.74, 6) is 0. The maximum absolute atomic E-state index is 3.60. The maximum atomic E-state index is 3.60. The zero-order chi connectivity index (χ0) is 9.42. The number of hydrogen-bond acceptors (Lipinski definition) is 2. The molecule has 1 atom stereocenters. The zero-order valence-electron chi connectivity index (χ0n) is 7.93. The van der Waals surface area contributed by atoms with E-state index in [1.54, 1.807) is 4.88 Å². The summed E-state index contributed by atoms with van der Waals surface area (Å²) < 4.78 is 1.27. The average Bonchev–Trinajstić information content (AvgIpc) is 2.51. The smallest absolute Gasteiger partial charge is 0.0704 e. The highest BCUT2D eigenvalue weighted by Gasteiger charge is 2.24. The molecular formula is C10H14BrNS. The van der Waals surface area contributed by atoms with Crippen molar-refractivity contribution in [2.24, 2.45) is 0 Å². The van der Waals surface area contributed by atoms with Crippen molar-refractivity contribution in [1.29, 1.82) is 0 Å². The van der Waals surface area contributed by atoms with Gasteiger partial charge in [0.2, 0.25) is 0 Å². The zero-order valence-corrected chi connectivity index (χ0v) is 10.3. The van der Waals surface area contributed by atoms with Crippen LogP contribution in [0.3, 0.4) is 0 Å². The van der Waals surface area contributed by atoms with Crippen LogP contribution in [-0.4, -0.2) is 6.04 Å². The minimum absolute atomic E-state index is 0.578. The summed E-state index contributed by atoms with van der Waals surface area (Å²) in [5.41, 5.74) is 1.52. The fraction of sp³-hybridized carbons (Fsp3) is 0.600. The first-order chi connectivity index (χ1) is 6.16. The van der Waals surface area contributed by atoms with Gasteiger partial charge in [0.05, 0.1) is 3.79 Å². The molecule has 2 rings (SSSR count). The molecule has 1 nitrogen and oxygen atoms in total. The van der Waals surface area contributed by atoms with Gasteiger partial charge in [-0.15, -0.1) is 11.3 Å². The normalized spacial score (nSPS) is 21.1. The summed E-state index contributed by atoms with van der Waals surface area (Å²) in [6.07, 6.45) is 2.52. The molecule has 13 heavy (non-hydrogen) atoms. The lowest BCUT2D eigenvalue weighted by Crippen LogP contribution is -2.26. The third-order valence-corrected chi connectivity index (χ3v) is 4.10. The molecule has 1 N–H and O–H groups in total. The number of nitrogens with one attached hydrogen (secondary N) is 1. The minimum atomic E-state index is 0.578. The molecule has 0 amide bonds. The second kappa shape index (κ2) is 3.71. The van der Waals surface area contributed by atoms with Gasteiger partial charge in [-0.25, -0.2) is 0 Å². The summed E-state index contributed by atoms with van der Waals surface area (Å²) in [5, 5.41) is 3.60. The van der Waals surface area contributed by atoms with Crippen molar-refractivity contribution in [2.75, 3.05) is 0 Å². The van der Waals surface area contributed by atoms with Gasteiger partial charge in [-0.05, 0) is 40.4 Å². The van der Waals surface area contributed by atoms with E-state index in [-0.39, 0.29) is 0 Å². The van der Waals surface area contributed by atoms with Crippen LogP contribution in [0.4, 0.5) is 0 Å². The van der Waals surface area contributed by atoms with Crippen LogP contribution in [0.25, 0.3) is 0 Å². The van der Waals surface area contributed by atoms with Gasteiger partial charge in [0.15, 0.2) is 0 Å². The Kier molecular flexibility index (Phi) is 2.77. The molecule has 0 aromatic carbocycles. The van der Waals surface area contributed by atoms with Crippen molar-refractivity contribution in [3.05, 3.63) is 20.3 Å². The fourth-order valence-corrected chi connectivity index (χ4v) is 3.70. The summed E-state index contributed by atoms with van der Waals surface area (Å²) in [7, 11) is 0. The third kappa shape index (κ3) is 1.97. The Hall–Kier alpha value is 0.140. The van der Waals surface area contributed by atoms with Crippen molar-refractivity contribution in [3.63, 3.8) is 0 Å². The van der Waals surface area contributed by atoms with Crippen molar-refractivity contribution in [1.82, 2.24) is 5.32 Å². The number of thiophene rings is 1. The van der Waals surface area contributed by atoms with Gasteiger partial charge in [0, 0.05) is 17.0 Å². The van der Waals surface area contributed by atoms with Gasteiger partial charge in [-0.2, -0.15) is 0 Å². The van der Waals surface area contributed by atoms with E-state index in [9.17, 15) is 0 Å². The van der Waals surface area contributed by atoms with Gasteiger partial charge < -0.3 is 5.32 Å². The van der Waals surface area contributed by atoms with Gasteiger partial charge >= 0.3 is 0 Å². The Labute approximate surface area is 91.7 Å². The molecule has 3 heteroatoms. The highest BCUT2D eigenvalue weighted by atomic mass is 79.9. The van der Waals surface area contributed by atoms with Gasteiger partial charge in [-0.3, -0.25) is 0 Å². The van der Waals surface area contributed by atoms with E-state index in [0.29, 0.717) is 12.1 Å². The first-order valence-corrected chi connectivity index (χ1v) is 6.32. The number of aryl methyl sites for hydroxylation is 1. The van der Waals surface area contributed by atoms with Crippen LogP contribution in [0.5, 0.6) is 0 Å². The average molecular weight is 260 g/mol. The van der Waals surface area contributed by atoms with Crippen LogP contribution in [0.1, 0.15) is 36.8 Å². The molecule has 0 bridgehead atoms. The Balaban J connectivity index is 2.17. The Morgan fingerprint density at radius 1 is 1.62 bits per heavy atom. The van der Waals surface area contributed by atoms with Crippen LogP contribution in [0, 0.1) is 0 Å².